The van der Waals surface area contributed by atoms with E-state index < -0.39 is 0 Å². The molecule has 0 unspecified atom stereocenters. The molecule has 1 aromatic heterocycles. The maximum Gasteiger partial charge on any atom is 0.282 e. The van der Waals surface area contributed by atoms with Crippen molar-refractivity contribution >= 4 is 49.0 Å². The fraction of sp³-hybridized carbons (Fsp3) is 0.100. The van der Waals surface area contributed by atoms with Crippen LogP contribution in [0.1, 0.15) is 18.1 Å². The van der Waals surface area contributed by atoms with E-state index in [1.54, 1.807) is 12.3 Å². The third-order valence-electron chi connectivity index (χ3n) is 5.77. The van der Waals surface area contributed by atoms with Gasteiger partial charge in [0.05, 0.1) is 23.7 Å². The Morgan fingerprint density at radius 1 is 0.895 bits per heavy atom. The number of rotatable bonds is 8. The van der Waals surface area contributed by atoms with E-state index in [2.05, 4.69) is 37.0 Å². The number of benzene rings is 4. The third-order valence-corrected chi connectivity index (χ3v) is 6.98. The van der Waals surface area contributed by atoms with E-state index in [4.69, 9.17) is 14.5 Å². The second kappa shape index (κ2) is 11.8. The predicted octanol–water partition coefficient (Wildman–Crippen LogP) is 7.45. The SMILES string of the molecule is CCOc1cc(C=Nn2c(-c3ccccc3)nc3ccccc3c2=O)c(Br)cc1OCc1ccc(Br)cc1. The summed E-state index contributed by atoms with van der Waals surface area (Å²) in [5.74, 6) is 1.65. The van der Waals surface area contributed by atoms with Crippen molar-refractivity contribution in [2.24, 2.45) is 5.10 Å². The summed E-state index contributed by atoms with van der Waals surface area (Å²) >= 11 is 7.08. The fourth-order valence-electron chi connectivity index (χ4n) is 3.90. The molecule has 0 N–H and O–H groups in total. The minimum absolute atomic E-state index is 0.249. The van der Waals surface area contributed by atoms with Gasteiger partial charge in [-0.1, -0.05) is 70.5 Å². The molecule has 5 rings (SSSR count). The van der Waals surface area contributed by atoms with Crippen LogP contribution in [0, 0.1) is 0 Å². The summed E-state index contributed by atoms with van der Waals surface area (Å²) in [5, 5.41) is 5.08. The van der Waals surface area contributed by atoms with E-state index in [1.807, 2.05) is 91.9 Å². The Morgan fingerprint density at radius 2 is 1.61 bits per heavy atom. The van der Waals surface area contributed by atoms with Gasteiger partial charge in [-0.25, -0.2) is 4.98 Å². The maximum atomic E-state index is 13.4. The van der Waals surface area contributed by atoms with Gasteiger partial charge in [-0.15, -0.1) is 0 Å². The zero-order chi connectivity index (χ0) is 26.5. The van der Waals surface area contributed by atoms with Crippen LogP contribution in [0.4, 0.5) is 0 Å². The molecule has 38 heavy (non-hydrogen) atoms. The van der Waals surface area contributed by atoms with Crippen LogP contribution >= 0.6 is 31.9 Å². The molecule has 190 valence electrons. The minimum atomic E-state index is -0.249. The second-order valence-corrected chi connectivity index (χ2v) is 10.1. The van der Waals surface area contributed by atoms with Crippen molar-refractivity contribution in [3.05, 3.63) is 121 Å². The Morgan fingerprint density at radius 3 is 2.37 bits per heavy atom. The lowest BCUT2D eigenvalue weighted by Gasteiger charge is -2.14. The first-order valence-corrected chi connectivity index (χ1v) is 13.6. The highest BCUT2D eigenvalue weighted by molar-refractivity contribution is 9.10. The fourth-order valence-corrected chi connectivity index (χ4v) is 4.59. The van der Waals surface area contributed by atoms with Crippen LogP contribution in [-0.2, 0) is 6.61 Å². The first kappa shape index (κ1) is 25.9. The average Bonchev–Trinajstić information content (AvgIpc) is 2.94. The normalized spacial score (nSPS) is 11.2. The average molecular weight is 633 g/mol. The van der Waals surface area contributed by atoms with Gasteiger partial charge in [0.1, 0.15) is 6.61 Å². The number of halogens is 2. The van der Waals surface area contributed by atoms with Crippen molar-refractivity contribution in [2.75, 3.05) is 6.61 Å². The molecule has 0 fully saturated rings. The summed E-state index contributed by atoms with van der Waals surface area (Å²) < 4.78 is 15.0. The van der Waals surface area contributed by atoms with E-state index >= 15 is 0 Å². The molecular weight excluding hydrogens is 610 g/mol. The van der Waals surface area contributed by atoms with Crippen molar-refractivity contribution in [3.63, 3.8) is 0 Å². The standard InChI is InChI=1S/C30H23Br2N3O3/c1-2-37-27-16-22(25(32)17-28(27)38-19-20-12-14-23(31)15-13-20)18-33-35-29(21-8-4-3-5-9-21)34-26-11-7-6-10-24(26)30(35)36/h3-18H,2,19H2,1H3. The second-order valence-electron chi connectivity index (χ2n) is 8.35. The van der Waals surface area contributed by atoms with Gasteiger partial charge >= 0.3 is 0 Å². The Hall–Kier alpha value is -3.75. The van der Waals surface area contributed by atoms with Gasteiger partial charge in [0.25, 0.3) is 5.56 Å². The molecule has 5 aromatic rings. The number of hydrogen-bond acceptors (Lipinski definition) is 5. The summed E-state index contributed by atoms with van der Waals surface area (Å²) in [6.45, 7) is 2.78. The number of aromatic nitrogens is 2. The first-order chi connectivity index (χ1) is 18.5. The molecule has 8 heteroatoms. The third kappa shape index (κ3) is 5.71. The molecule has 0 atom stereocenters. The Balaban J connectivity index is 1.52. The van der Waals surface area contributed by atoms with Crippen LogP contribution in [0.2, 0.25) is 0 Å². The Labute approximate surface area is 236 Å². The molecule has 0 aliphatic heterocycles. The monoisotopic (exact) mass is 631 g/mol. The van der Waals surface area contributed by atoms with E-state index in [9.17, 15) is 4.79 Å². The van der Waals surface area contributed by atoms with Gasteiger partial charge in [0, 0.05) is 20.1 Å². The first-order valence-electron chi connectivity index (χ1n) is 12.0. The van der Waals surface area contributed by atoms with E-state index in [-0.39, 0.29) is 5.56 Å². The maximum absolute atomic E-state index is 13.4. The summed E-state index contributed by atoms with van der Waals surface area (Å²) in [6, 6.07) is 28.5. The zero-order valence-corrected chi connectivity index (χ0v) is 23.6. The minimum Gasteiger partial charge on any atom is -0.490 e. The van der Waals surface area contributed by atoms with Crippen LogP contribution < -0.4 is 15.0 Å². The van der Waals surface area contributed by atoms with Crippen LogP contribution in [0.3, 0.4) is 0 Å². The van der Waals surface area contributed by atoms with E-state index in [0.717, 1.165) is 25.6 Å². The number of hydrogen-bond donors (Lipinski definition) is 0. The molecule has 0 spiro atoms. The summed E-state index contributed by atoms with van der Waals surface area (Å²) in [6.07, 6.45) is 1.62. The van der Waals surface area contributed by atoms with Gasteiger partial charge in [-0.2, -0.15) is 9.78 Å². The predicted molar refractivity (Wildman–Crippen MR) is 158 cm³/mol. The molecule has 4 aromatic carbocycles. The van der Waals surface area contributed by atoms with Crippen molar-refractivity contribution in [2.45, 2.75) is 13.5 Å². The molecular formula is C30H23Br2N3O3. The lowest BCUT2D eigenvalue weighted by Crippen LogP contribution is -2.20. The highest BCUT2D eigenvalue weighted by atomic mass is 79.9. The van der Waals surface area contributed by atoms with E-state index in [0.29, 0.717) is 41.4 Å². The van der Waals surface area contributed by atoms with Gasteiger partial charge in [0.2, 0.25) is 0 Å². The number of ether oxygens (including phenoxy) is 2. The molecule has 0 bridgehead atoms. The number of fused-ring (bicyclic) bond motifs is 1. The largest absolute Gasteiger partial charge is 0.490 e. The lowest BCUT2D eigenvalue weighted by atomic mass is 10.2. The molecule has 0 aliphatic rings. The molecule has 1 heterocycles. The summed E-state index contributed by atoms with van der Waals surface area (Å²) in [5.41, 5.74) is 2.92. The van der Waals surface area contributed by atoms with Crippen molar-refractivity contribution in [1.29, 1.82) is 0 Å². The van der Waals surface area contributed by atoms with Crippen molar-refractivity contribution < 1.29 is 9.47 Å². The highest BCUT2D eigenvalue weighted by Gasteiger charge is 2.14. The molecule has 6 nitrogen and oxygen atoms in total. The van der Waals surface area contributed by atoms with Gasteiger partial charge in [-0.3, -0.25) is 4.79 Å². The van der Waals surface area contributed by atoms with Gasteiger partial charge in [-0.05, 0) is 64.8 Å². The van der Waals surface area contributed by atoms with Crippen LogP contribution in [0.25, 0.3) is 22.3 Å². The van der Waals surface area contributed by atoms with Crippen LogP contribution in [-0.4, -0.2) is 22.5 Å². The summed E-state index contributed by atoms with van der Waals surface area (Å²) in [4.78, 5) is 18.2. The van der Waals surface area contributed by atoms with Crippen molar-refractivity contribution in [3.8, 4) is 22.9 Å². The summed E-state index contributed by atoms with van der Waals surface area (Å²) in [7, 11) is 0. The van der Waals surface area contributed by atoms with Crippen LogP contribution in [0.15, 0.2) is 110 Å². The van der Waals surface area contributed by atoms with Crippen molar-refractivity contribution in [1.82, 2.24) is 9.66 Å². The molecule has 0 aliphatic carbocycles. The van der Waals surface area contributed by atoms with Gasteiger partial charge < -0.3 is 9.47 Å². The number of nitrogens with zero attached hydrogens (tertiary/aromatic N) is 3. The Bertz CT molecular complexity index is 1670. The van der Waals surface area contributed by atoms with Gasteiger partial charge in [0.15, 0.2) is 17.3 Å². The topological polar surface area (TPSA) is 65.7 Å². The van der Waals surface area contributed by atoms with Crippen LogP contribution in [0.5, 0.6) is 11.5 Å². The molecule has 0 radical (unpaired) electrons. The van der Waals surface area contributed by atoms with E-state index in [1.165, 1.54) is 4.68 Å². The Kier molecular flexibility index (Phi) is 8.00. The smallest absolute Gasteiger partial charge is 0.282 e. The highest BCUT2D eigenvalue weighted by Crippen LogP contribution is 2.34. The quantitative estimate of drug-likeness (QED) is 0.167. The lowest BCUT2D eigenvalue weighted by molar-refractivity contribution is 0.269. The molecule has 0 amide bonds. The molecule has 0 saturated carbocycles. The number of para-hydroxylation sites is 1. The zero-order valence-electron chi connectivity index (χ0n) is 20.5. The molecule has 0 saturated heterocycles.